The average Bonchev–Trinajstić information content (AvgIpc) is 2.66. The van der Waals surface area contributed by atoms with Gasteiger partial charge < -0.3 is 10.6 Å². The molecule has 1 aliphatic rings. The number of nitrogens with two attached hydrogens (primary N) is 1. The molecule has 4 nitrogen and oxygen atoms in total. The molecule has 2 N–H and O–H groups in total. The third-order valence-corrected chi connectivity index (χ3v) is 3.31. The van der Waals surface area contributed by atoms with Crippen LogP contribution < -0.4 is 5.73 Å². The van der Waals surface area contributed by atoms with Crippen molar-refractivity contribution in [3.05, 3.63) is 18.0 Å². The van der Waals surface area contributed by atoms with E-state index in [-0.39, 0.29) is 0 Å². The van der Waals surface area contributed by atoms with Gasteiger partial charge in [0.15, 0.2) is 0 Å². The molecule has 2 heterocycles. The standard InChI is InChI=1S/C11H20N4/c1-14-11(2-6-13-14)10-3-7-15(8-4-10)9-5-12/h2,6,10H,3-5,7-9,12H2,1H3. The van der Waals surface area contributed by atoms with Gasteiger partial charge in [-0.3, -0.25) is 4.68 Å². The second-order valence-electron chi connectivity index (χ2n) is 4.28. The number of aryl methyl sites for hydroxylation is 1. The van der Waals surface area contributed by atoms with Crippen molar-refractivity contribution >= 4 is 0 Å². The number of hydrogen-bond donors (Lipinski definition) is 1. The Labute approximate surface area is 91.1 Å². The quantitative estimate of drug-likeness (QED) is 0.789. The molecular formula is C11H20N4. The number of rotatable bonds is 3. The van der Waals surface area contributed by atoms with Gasteiger partial charge in [0.05, 0.1) is 0 Å². The molecule has 0 aromatic carbocycles. The van der Waals surface area contributed by atoms with E-state index >= 15 is 0 Å². The van der Waals surface area contributed by atoms with Crippen LogP contribution in [0, 0.1) is 0 Å². The lowest BCUT2D eigenvalue weighted by Crippen LogP contribution is -2.36. The summed E-state index contributed by atoms with van der Waals surface area (Å²) in [5.74, 6) is 0.687. The predicted octanol–water partition coefficient (Wildman–Crippen LogP) is 0.558. The highest BCUT2D eigenvalue weighted by Crippen LogP contribution is 2.26. The summed E-state index contributed by atoms with van der Waals surface area (Å²) in [6, 6.07) is 2.14. The third-order valence-electron chi connectivity index (χ3n) is 3.31. The number of hydrogen-bond acceptors (Lipinski definition) is 3. The van der Waals surface area contributed by atoms with Gasteiger partial charge >= 0.3 is 0 Å². The highest BCUT2D eigenvalue weighted by Gasteiger charge is 2.21. The molecule has 0 atom stereocenters. The van der Waals surface area contributed by atoms with E-state index in [0.717, 1.165) is 13.1 Å². The highest BCUT2D eigenvalue weighted by molar-refractivity contribution is 5.08. The minimum absolute atomic E-state index is 0.687. The molecule has 0 unspecified atom stereocenters. The molecule has 0 radical (unpaired) electrons. The number of aromatic nitrogens is 2. The Hall–Kier alpha value is -0.870. The zero-order valence-electron chi connectivity index (χ0n) is 9.39. The normalized spacial score (nSPS) is 19.6. The van der Waals surface area contributed by atoms with Crippen molar-refractivity contribution < 1.29 is 0 Å². The summed E-state index contributed by atoms with van der Waals surface area (Å²) in [7, 11) is 2.03. The molecule has 15 heavy (non-hydrogen) atoms. The fourth-order valence-electron chi connectivity index (χ4n) is 2.42. The van der Waals surface area contributed by atoms with E-state index in [1.54, 1.807) is 0 Å². The van der Waals surface area contributed by atoms with Crippen LogP contribution in [0.4, 0.5) is 0 Å². The van der Waals surface area contributed by atoms with Crippen molar-refractivity contribution in [2.45, 2.75) is 18.8 Å². The minimum Gasteiger partial charge on any atom is -0.329 e. The first kappa shape index (κ1) is 10.6. The zero-order valence-corrected chi connectivity index (χ0v) is 9.39. The van der Waals surface area contributed by atoms with Gasteiger partial charge in [-0.15, -0.1) is 0 Å². The van der Waals surface area contributed by atoms with Crippen molar-refractivity contribution in [2.75, 3.05) is 26.2 Å². The maximum atomic E-state index is 5.56. The topological polar surface area (TPSA) is 47.1 Å². The Balaban J connectivity index is 1.91. The van der Waals surface area contributed by atoms with Crippen LogP contribution in [0.2, 0.25) is 0 Å². The molecule has 1 saturated heterocycles. The lowest BCUT2D eigenvalue weighted by Gasteiger charge is -2.31. The van der Waals surface area contributed by atoms with Gasteiger partial charge in [-0.25, -0.2) is 0 Å². The third kappa shape index (κ3) is 2.38. The van der Waals surface area contributed by atoms with E-state index in [1.807, 2.05) is 17.9 Å². The van der Waals surface area contributed by atoms with Gasteiger partial charge in [0.25, 0.3) is 0 Å². The van der Waals surface area contributed by atoms with Gasteiger partial charge in [-0.2, -0.15) is 5.10 Å². The van der Waals surface area contributed by atoms with Crippen molar-refractivity contribution in [3.8, 4) is 0 Å². The van der Waals surface area contributed by atoms with E-state index in [4.69, 9.17) is 5.73 Å². The zero-order chi connectivity index (χ0) is 10.7. The molecule has 1 aromatic rings. The molecule has 0 bridgehead atoms. The molecule has 0 saturated carbocycles. The Bertz CT molecular complexity index is 299. The van der Waals surface area contributed by atoms with E-state index in [2.05, 4.69) is 16.1 Å². The maximum Gasteiger partial charge on any atom is 0.0492 e. The number of piperidine rings is 1. The Morgan fingerprint density at radius 1 is 1.47 bits per heavy atom. The lowest BCUT2D eigenvalue weighted by molar-refractivity contribution is 0.214. The van der Waals surface area contributed by atoms with E-state index in [0.29, 0.717) is 5.92 Å². The maximum absolute atomic E-state index is 5.56. The van der Waals surface area contributed by atoms with E-state index < -0.39 is 0 Å². The molecule has 84 valence electrons. The van der Waals surface area contributed by atoms with Crippen LogP contribution in [0.3, 0.4) is 0 Å². The van der Waals surface area contributed by atoms with Crippen molar-refractivity contribution in [1.82, 2.24) is 14.7 Å². The van der Waals surface area contributed by atoms with E-state index in [1.165, 1.54) is 31.6 Å². The van der Waals surface area contributed by atoms with Crippen LogP contribution >= 0.6 is 0 Å². The van der Waals surface area contributed by atoms with Gasteiger partial charge in [0.1, 0.15) is 0 Å². The highest BCUT2D eigenvalue weighted by atomic mass is 15.3. The van der Waals surface area contributed by atoms with Gasteiger partial charge in [-0.05, 0) is 32.0 Å². The Morgan fingerprint density at radius 2 is 2.20 bits per heavy atom. The monoisotopic (exact) mass is 208 g/mol. The average molecular weight is 208 g/mol. The first-order chi connectivity index (χ1) is 7.31. The fraction of sp³-hybridized carbons (Fsp3) is 0.727. The summed E-state index contributed by atoms with van der Waals surface area (Å²) >= 11 is 0. The van der Waals surface area contributed by atoms with Crippen LogP contribution in [0.1, 0.15) is 24.5 Å². The first-order valence-electron chi connectivity index (χ1n) is 5.71. The fourth-order valence-corrected chi connectivity index (χ4v) is 2.42. The van der Waals surface area contributed by atoms with Crippen molar-refractivity contribution in [3.63, 3.8) is 0 Å². The van der Waals surface area contributed by atoms with Gasteiger partial charge in [-0.1, -0.05) is 0 Å². The lowest BCUT2D eigenvalue weighted by atomic mass is 9.93. The minimum atomic E-state index is 0.687. The van der Waals surface area contributed by atoms with Gasteiger partial charge in [0.2, 0.25) is 0 Å². The summed E-state index contributed by atoms with van der Waals surface area (Å²) in [4.78, 5) is 2.45. The summed E-state index contributed by atoms with van der Waals surface area (Å²) in [5.41, 5.74) is 6.93. The summed E-state index contributed by atoms with van der Waals surface area (Å²) in [5, 5.41) is 4.23. The molecule has 2 rings (SSSR count). The van der Waals surface area contributed by atoms with Crippen LogP contribution in [0.5, 0.6) is 0 Å². The first-order valence-corrected chi connectivity index (χ1v) is 5.71. The number of nitrogens with zero attached hydrogens (tertiary/aromatic N) is 3. The van der Waals surface area contributed by atoms with Crippen LogP contribution in [-0.4, -0.2) is 40.9 Å². The number of likely N-dealkylation sites (tertiary alicyclic amines) is 1. The molecule has 1 aliphatic heterocycles. The summed E-state index contributed by atoms with van der Waals surface area (Å²) in [6.07, 6.45) is 4.36. The smallest absolute Gasteiger partial charge is 0.0492 e. The van der Waals surface area contributed by atoms with Crippen molar-refractivity contribution in [2.24, 2.45) is 12.8 Å². The SMILES string of the molecule is Cn1nccc1C1CCN(CCN)CC1. The van der Waals surface area contributed by atoms with Crippen molar-refractivity contribution in [1.29, 1.82) is 0 Å². The predicted molar refractivity (Wildman–Crippen MR) is 60.7 cm³/mol. The molecule has 4 heteroatoms. The second kappa shape index (κ2) is 4.77. The molecular weight excluding hydrogens is 188 g/mol. The van der Waals surface area contributed by atoms with Gasteiger partial charge in [0, 0.05) is 37.9 Å². The Morgan fingerprint density at radius 3 is 2.73 bits per heavy atom. The van der Waals surface area contributed by atoms with Crippen LogP contribution in [-0.2, 0) is 7.05 Å². The molecule has 0 aliphatic carbocycles. The molecule has 0 amide bonds. The summed E-state index contributed by atoms with van der Waals surface area (Å²) in [6.45, 7) is 4.16. The molecule has 0 spiro atoms. The largest absolute Gasteiger partial charge is 0.329 e. The van der Waals surface area contributed by atoms with Crippen LogP contribution in [0.25, 0.3) is 0 Å². The Kier molecular flexibility index (Phi) is 3.38. The van der Waals surface area contributed by atoms with Crippen LogP contribution in [0.15, 0.2) is 12.3 Å². The molecule has 1 fully saturated rings. The van der Waals surface area contributed by atoms with E-state index in [9.17, 15) is 0 Å². The summed E-state index contributed by atoms with van der Waals surface area (Å²) < 4.78 is 2.00. The molecule has 1 aromatic heterocycles. The second-order valence-corrected chi connectivity index (χ2v) is 4.28.